The molecule has 0 amide bonds. The highest BCUT2D eigenvalue weighted by Gasteiger charge is 2.12. The van der Waals surface area contributed by atoms with Crippen molar-refractivity contribution in [3.8, 4) is 0 Å². The Morgan fingerprint density at radius 1 is 1.31 bits per heavy atom. The van der Waals surface area contributed by atoms with Crippen LogP contribution in [-0.2, 0) is 0 Å². The minimum absolute atomic E-state index is 0.228. The second kappa shape index (κ2) is 4.23. The first-order valence-corrected chi connectivity index (χ1v) is 5.62. The van der Waals surface area contributed by atoms with Crippen LogP contribution in [0, 0.1) is 5.82 Å². The monoisotopic (exact) mass is 255 g/mol. The number of rotatable bonds is 2. The predicted molar refractivity (Wildman–Crippen MR) is 63.6 cm³/mol. The third-order valence-corrected chi connectivity index (χ3v) is 3.21. The Morgan fingerprint density at radius 3 is 2.62 bits per heavy atom. The normalized spacial score (nSPS) is 10.4. The Kier molecular flexibility index (Phi) is 2.94. The van der Waals surface area contributed by atoms with Gasteiger partial charge in [-0.05, 0) is 30.3 Å². The van der Waals surface area contributed by atoms with Gasteiger partial charge in [0.2, 0.25) is 5.78 Å². The van der Waals surface area contributed by atoms with Gasteiger partial charge in [-0.2, -0.15) is 0 Å². The lowest BCUT2D eigenvalue weighted by atomic mass is 10.1. The van der Waals surface area contributed by atoms with Crippen LogP contribution in [0.25, 0.3) is 0 Å². The van der Waals surface area contributed by atoms with E-state index >= 15 is 0 Å². The summed E-state index contributed by atoms with van der Waals surface area (Å²) in [5, 5.41) is 0. The Labute approximate surface area is 100 Å². The lowest BCUT2D eigenvalue weighted by Gasteiger charge is -2.00. The van der Waals surface area contributed by atoms with E-state index in [-0.39, 0.29) is 17.0 Å². The molecular formula is C11H7ClFNOS. The average molecular weight is 256 g/mol. The van der Waals surface area contributed by atoms with Gasteiger partial charge in [0.25, 0.3) is 0 Å². The number of halogens is 2. The zero-order valence-electron chi connectivity index (χ0n) is 8.04. The molecule has 2 rings (SSSR count). The fourth-order valence-electron chi connectivity index (χ4n) is 1.32. The number of thiophene rings is 1. The van der Waals surface area contributed by atoms with E-state index in [2.05, 4.69) is 0 Å². The topological polar surface area (TPSA) is 43.1 Å². The van der Waals surface area contributed by atoms with Gasteiger partial charge in [0.1, 0.15) is 5.82 Å². The van der Waals surface area contributed by atoms with E-state index in [4.69, 9.17) is 17.3 Å². The maximum atomic E-state index is 13.1. The molecule has 0 saturated heterocycles. The van der Waals surface area contributed by atoms with E-state index in [1.165, 1.54) is 6.07 Å². The highest BCUT2D eigenvalue weighted by molar-refractivity contribution is 7.18. The molecule has 0 aliphatic heterocycles. The Hall–Kier alpha value is -1.39. The molecule has 2 aromatic rings. The number of carbonyl (C=O) groups is 1. The number of benzene rings is 1. The van der Waals surface area contributed by atoms with E-state index in [1.54, 1.807) is 12.1 Å². The van der Waals surface area contributed by atoms with Crippen LogP contribution >= 0.6 is 22.9 Å². The highest BCUT2D eigenvalue weighted by atomic mass is 35.5. The smallest absolute Gasteiger partial charge is 0.203 e. The van der Waals surface area contributed by atoms with Gasteiger partial charge in [0.05, 0.1) is 9.21 Å². The van der Waals surface area contributed by atoms with Crippen LogP contribution in [0.5, 0.6) is 0 Å². The summed E-state index contributed by atoms with van der Waals surface area (Å²) >= 11 is 6.88. The van der Waals surface area contributed by atoms with Crippen molar-refractivity contribution < 1.29 is 9.18 Å². The Morgan fingerprint density at radius 2 is 2.06 bits per heavy atom. The van der Waals surface area contributed by atoms with Gasteiger partial charge in [0.15, 0.2) is 0 Å². The number of nitrogen functional groups attached to an aromatic ring is 1. The van der Waals surface area contributed by atoms with E-state index in [1.807, 2.05) is 0 Å². The highest BCUT2D eigenvalue weighted by Crippen LogP contribution is 2.24. The number of anilines is 1. The third kappa shape index (κ3) is 2.23. The maximum Gasteiger partial charge on any atom is 0.203 e. The quantitative estimate of drug-likeness (QED) is 0.661. The van der Waals surface area contributed by atoms with Crippen LogP contribution in [0.1, 0.15) is 15.2 Å². The number of ketones is 1. The van der Waals surface area contributed by atoms with Gasteiger partial charge in [-0.3, -0.25) is 4.79 Å². The molecule has 0 spiro atoms. The maximum absolute atomic E-state index is 13.1. The molecule has 2 N–H and O–H groups in total. The molecule has 16 heavy (non-hydrogen) atoms. The molecule has 0 radical (unpaired) electrons. The molecule has 1 heterocycles. The first-order valence-electron chi connectivity index (χ1n) is 4.42. The van der Waals surface area contributed by atoms with E-state index < -0.39 is 5.82 Å². The summed E-state index contributed by atoms with van der Waals surface area (Å²) < 4.78 is 13.6. The van der Waals surface area contributed by atoms with Crippen LogP contribution in [-0.4, -0.2) is 5.78 Å². The lowest BCUT2D eigenvalue weighted by molar-refractivity contribution is 0.104. The molecule has 0 saturated carbocycles. The van der Waals surface area contributed by atoms with Crippen LogP contribution in [0.15, 0.2) is 30.3 Å². The average Bonchev–Trinajstić information content (AvgIpc) is 2.62. The number of carbonyl (C=O) groups excluding carboxylic acids is 1. The molecule has 2 nitrogen and oxygen atoms in total. The summed E-state index contributed by atoms with van der Waals surface area (Å²) in [6.45, 7) is 0. The van der Waals surface area contributed by atoms with Crippen molar-refractivity contribution in [2.75, 3.05) is 5.73 Å². The summed E-state index contributed by atoms with van der Waals surface area (Å²) in [5.41, 5.74) is 5.93. The van der Waals surface area contributed by atoms with Crippen LogP contribution < -0.4 is 5.73 Å². The van der Waals surface area contributed by atoms with Crippen LogP contribution in [0.4, 0.5) is 10.1 Å². The summed E-state index contributed by atoms with van der Waals surface area (Å²) in [6, 6.07) is 7.00. The molecule has 0 fully saturated rings. The second-order valence-electron chi connectivity index (χ2n) is 3.21. The Bertz CT molecular complexity index is 532. The standard InChI is InChI=1S/C11H7ClFNOS/c12-10-2-1-9(16-10)11(15)6-3-7(13)5-8(14)4-6/h1-5H,14H2. The zero-order valence-corrected chi connectivity index (χ0v) is 9.61. The van der Waals surface area contributed by atoms with Gasteiger partial charge in [-0.15, -0.1) is 11.3 Å². The summed E-state index contributed by atoms with van der Waals surface area (Å²) in [5.74, 6) is -0.797. The fourth-order valence-corrected chi connectivity index (χ4v) is 2.33. The molecular weight excluding hydrogens is 249 g/mol. The summed E-state index contributed by atoms with van der Waals surface area (Å²) in [6.07, 6.45) is 0. The number of nitrogens with two attached hydrogens (primary N) is 1. The first-order chi connectivity index (χ1) is 7.56. The van der Waals surface area contributed by atoms with Crippen molar-refractivity contribution in [2.45, 2.75) is 0 Å². The van der Waals surface area contributed by atoms with E-state index in [0.29, 0.717) is 9.21 Å². The van der Waals surface area contributed by atoms with Crippen LogP contribution in [0.2, 0.25) is 4.34 Å². The van der Waals surface area contributed by atoms with Crippen molar-refractivity contribution in [2.24, 2.45) is 0 Å². The zero-order chi connectivity index (χ0) is 11.7. The fraction of sp³-hybridized carbons (Fsp3) is 0. The molecule has 82 valence electrons. The van der Waals surface area contributed by atoms with Gasteiger partial charge >= 0.3 is 0 Å². The molecule has 5 heteroatoms. The van der Waals surface area contributed by atoms with Gasteiger partial charge in [-0.25, -0.2) is 4.39 Å². The van der Waals surface area contributed by atoms with Gasteiger partial charge in [-0.1, -0.05) is 11.6 Å². The van der Waals surface area contributed by atoms with Crippen molar-refractivity contribution in [3.63, 3.8) is 0 Å². The largest absolute Gasteiger partial charge is 0.399 e. The third-order valence-electron chi connectivity index (χ3n) is 1.98. The van der Waals surface area contributed by atoms with Gasteiger partial charge in [0, 0.05) is 11.3 Å². The van der Waals surface area contributed by atoms with Crippen LogP contribution in [0.3, 0.4) is 0 Å². The van der Waals surface area contributed by atoms with E-state index in [9.17, 15) is 9.18 Å². The summed E-state index contributed by atoms with van der Waals surface area (Å²) in [7, 11) is 0. The molecule has 0 atom stereocenters. The van der Waals surface area contributed by atoms with Crippen molar-refractivity contribution in [1.29, 1.82) is 0 Å². The molecule has 0 aliphatic rings. The lowest BCUT2D eigenvalue weighted by Crippen LogP contribution is -2.00. The van der Waals surface area contributed by atoms with Crippen molar-refractivity contribution in [1.82, 2.24) is 0 Å². The minimum Gasteiger partial charge on any atom is -0.399 e. The van der Waals surface area contributed by atoms with Crippen molar-refractivity contribution in [3.05, 3.63) is 50.9 Å². The second-order valence-corrected chi connectivity index (χ2v) is 4.92. The number of hydrogen-bond donors (Lipinski definition) is 1. The van der Waals surface area contributed by atoms with E-state index in [0.717, 1.165) is 23.5 Å². The molecule has 0 unspecified atom stereocenters. The summed E-state index contributed by atoms with van der Waals surface area (Å²) in [4.78, 5) is 12.4. The molecule has 0 bridgehead atoms. The molecule has 0 aliphatic carbocycles. The number of hydrogen-bond acceptors (Lipinski definition) is 3. The van der Waals surface area contributed by atoms with Crippen molar-refractivity contribution >= 4 is 34.4 Å². The minimum atomic E-state index is -0.522. The molecule has 1 aromatic heterocycles. The SMILES string of the molecule is Nc1cc(F)cc(C(=O)c2ccc(Cl)s2)c1. The van der Waals surface area contributed by atoms with Gasteiger partial charge < -0.3 is 5.73 Å². The predicted octanol–water partition coefficient (Wildman–Crippen LogP) is 3.35. The molecule has 1 aromatic carbocycles. The first kappa shape index (κ1) is 11.1. The Balaban J connectivity index is 2.41.